The maximum atomic E-state index is 12.9. The Hall–Kier alpha value is -3.49. The molecule has 0 bridgehead atoms. The summed E-state index contributed by atoms with van der Waals surface area (Å²) in [5.41, 5.74) is 7.50. The largest absolute Gasteiger partial charge is 0.460 e. The monoisotopic (exact) mass is 421 g/mol. The van der Waals surface area contributed by atoms with Crippen LogP contribution >= 0.6 is 0 Å². The van der Waals surface area contributed by atoms with Gasteiger partial charge in [-0.3, -0.25) is 4.79 Å². The van der Waals surface area contributed by atoms with Crippen molar-refractivity contribution in [1.82, 2.24) is 0 Å². The van der Waals surface area contributed by atoms with Crippen molar-refractivity contribution in [3.05, 3.63) is 82.7 Å². The van der Waals surface area contributed by atoms with Gasteiger partial charge in [0.1, 0.15) is 11.6 Å². The Balaban J connectivity index is 0.000000941. The molecular formula is C19H16FNO7S. The van der Waals surface area contributed by atoms with Crippen molar-refractivity contribution in [3.63, 3.8) is 0 Å². The number of carbonyl (C=O) groups is 1. The first kappa shape index (κ1) is 21.8. The van der Waals surface area contributed by atoms with Crippen LogP contribution in [0.3, 0.4) is 0 Å². The zero-order chi connectivity index (χ0) is 21.6. The van der Waals surface area contributed by atoms with Gasteiger partial charge in [-0.05, 0) is 24.6 Å². The third-order valence-electron chi connectivity index (χ3n) is 3.78. The predicted octanol–water partition coefficient (Wildman–Crippen LogP) is 1.87. The van der Waals surface area contributed by atoms with Gasteiger partial charge in [0.2, 0.25) is 17.4 Å². The van der Waals surface area contributed by atoms with E-state index in [9.17, 15) is 17.6 Å². The molecule has 0 fully saturated rings. The minimum atomic E-state index is -4.17. The molecule has 1 atom stereocenters. The smallest absolute Gasteiger partial charge is 0.373 e. The van der Waals surface area contributed by atoms with Gasteiger partial charge in [-0.15, -0.1) is 0 Å². The Kier molecular flexibility index (Phi) is 6.87. The summed E-state index contributed by atoms with van der Waals surface area (Å²) < 4.78 is 47.5. The highest BCUT2D eigenvalue weighted by molar-refractivity contribution is 7.86. The number of halogens is 1. The topological polar surface area (TPSA) is 130 Å². The molecule has 10 heteroatoms. The van der Waals surface area contributed by atoms with E-state index in [4.69, 9.17) is 24.2 Å². The van der Waals surface area contributed by atoms with Crippen LogP contribution in [0.2, 0.25) is 0 Å². The fraction of sp³-hybridized carbons (Fsp3) is 0.158. The summed E-state index contributed by atoms with van der Waals surface area (Å²) in [4.78, 5) is 28.7. The molecule has 0 amide bonds. The minimum absolute atomic E-state index is 0.250. The van der Waals surface area contributed by atoms with Gasteiger partial charge in [0.25, 0.3) is 0 Å². The molecule has 0 saturated heterocycles. The molecule has 8 nitrogen and oxygen atoms in total. The number of hydrogen-bond acceptors (Lipinski definition) is 8. The number of aryl methyl sites for hydroxylation is 1. The van der Waals surface area contributed by atoms with Gasteiger partial charge in [0.05, 0.1) is 0 Å². The molecule has 152 valence electrons. The first-order valence-electron chi connectivity index (χ1n) is 8.10. The maximum absolute atomic E-state index is 12.9. The van der Waals surface area contributed by atoms with Gasteiger partial charge in [0.15, 0.2) is 6.10 Å². The Bertz CT molecular complexity index is 1050. The van der Waals surface area contributed by atoms with Crippen LogP contribution in [0.1, 0.15) is 22.8 Å². The zero-order valence-corrected chi connectivity index (χ0v) is 15.9. The van der Waals surface area contributed by atoms with Crippen molar-refractivity contribution in [3.8, 4) is 0 Å². The number of rotatable bonds is 5. The molecular weight excluding hydrogens is 405 g/mol. The van der Waals surface area contributed by atoms with Crippen molar-refractivity contribution in [2.45, 2.75) is 18.8 Å². The van der Waals surface area contributed by atoms with E-state index in [0.717, 1.165) is 17.7 Å². The summed E-state index contributed by atoms with van der Waals surface area (Å²) in [6, 6.07) is 11.9. The summed E-state index contributed by atoms with van der Waals surface area (Å²) >= 11 is 0. The highest BCUT2D eigenvalue weighted by atomic mass is 32.2. The number of ether oxygens (including phenoxy) is 1. The number of Topliss-reactive ketones (excluding diaryl/α,β-unsaturated/α-hetero) is 1. The number of ketones is 1. The van der Waals surface area contributed by atoms with E-state index in [0.29, 0.717) is 11.1 Å². The van der Waals surface area contributed by atoms with Crippen molar-refractivity contribution in [2.24, 2.45) is 5.73 Å². The number of benzene rings is 2. The van der Waals surface area contributed by atoms with Crippen LogP contribution in [-0.4, -0.2) is 20.4 Å². The molecule has 3 rings (SSSR count). The second kappa shape index (κ2) is 9.13. The Morgan fingerprint density at radius 3 is 2.21 bits per heavy atom. The lowest BCUT2D eigenvalue weighted by molar-refractivity contribution is -0.191. The standard InChI is InChI=1S/C18H16FNO5S.CO2/c1-11-2-6-13(7-3-11)16-15(21)17(18(20)24-16)25-26(22,23)10-12-4-8-14(19)9-5-12;2-1-3/h2-9,16H,10,20H2,1H3;. The molecule has 2 aromatic carbocycles. The second-order valence-corrected chi connectivity index (χ2v) is 7.53. The third kappa shape index (κ3) is 5.74. The number of nitrogens with two attached hydrogens (primary N) is 1. The highest BCUT2D eigenvalue weighted by Crippen LogP contribution is 2.32. The average Bonchev–Trinajstić information content (AvgIpc) is 2.93. The van der Waals surface area contributed by atoms with Crippen LogP contribution < -0.4 is 5.73 Å². The molecule has 1 heterocycles. The summed E-state index contributed by atoms with van der Waals surface area (Å²) in [7, 11) is -4.17. The van der Waals surface area contributed by atoms with Crippen LogP contribution in [0.15, 0.2) is 60.2 Å². The van der Waals surface area contributed by atoms with E-state index in [1.54, 1.807) is 24.3 Å². The summed E-state index contributed by atoms with van der Waals surface area (Å²) in [5.74, 6) is -2.62. The molecule has 29 heavy (non-hydrogen) atoms. The Morgan fingerprint density at radius 1 is 1.10 bits per heavy atom. The van der Waals surface area contributed by atoms with Gasteiger partial charge in [0, 0.05) is 5.56 Å². The van der Waals surface area contributed by atoms with E-state index in [-0.39, 0.29) is 12.0 Å². The maximum Gasteiger partial charge on any atom is 0.373 e. The van der Waals surface area contributed by atoms with Crippen LogP contribution in [0, 0.1) is 12.7 Å². The zero-order valence-electron chi connectivity index (χ0n) is 15.1. The van der Waals surface area contributed by atoms with Crippen LogP contribution in [-0.2, 0) is 39.2 Å². The molecule has 0 radical (unpaired) electrons. The molecule has 1 aliphatic rings. The van der Waals surface area contributed by atoms with E-state index in [1.807, 2.05) is 6.92 Å². The summed E-state index contributed by atoms with van der Waals surface area (Å²) in [5, 5.41) is 0. The second-order valence-electron chi connectivity index (χ2n) is 5.96. The normalized spacial score (nSPS) is 15.8. The van der Waals surface area contributed by atoms with Gasteiger partial charge < -0.3 is 14.7 Å². The summed E-state index contributed by atoms with van der Waals surface area (Å²) in [6.07, 6.45) is -0.799. The van der Waals surface area contributed by atoms with Gasteiger partial charge in [-0.1, -0.05) is 42.0 Å². The lowest BCUT2D eigenvalue weighted by Crippen LogP contribution is -2.16. The van der Waals surface area contributed by atoms with Crippen LogP contribution in [0.4, 0.5) is 4.39 Å². The molecule has 0 spiro atoms. The predicted molar refractivity (Wildman–Crippen MR) is 96.3 cm³/mol. The van der Waals surface area contributed by atoms with E-state index in [2.05, 4.69) is 0 Å². The Morgan fingerprint density at radius 2 is 1.66 bits per heavy atom. The molecule has 2 aromatic rings. The first-order valence-corrected chi connectivity index (χ1v) is 9.67. The third-order valence-corrected chi connectivity index (χ3v) is 4.89. The first-order chi connectivity index (χ1) is 13.7. The molecule has 0 aliphatic carbocycles. The van der Waals surface area contributed by atoms with Crippen molar-refractivity contribution in [2.75, 3.05) is 0 Å². The van der Waals surface area contributed by atoms with Crippen molar-refractivity contribution < 1.29 is 36.1 Å². The molecule has 0 saturated carbocycles. The Labute approximate surface area is 165 Å². The van der Waals surface area contributed by atoms with Gasteiger partial charge in [-0.25, -0.2) is 4.39 Å². The fourth-order valence-corrected chi connectivity index (χ4v) is 3.54. The molecule has 1 unspecified atom stereocenters. The highest BCUT2D eigenvalue weighted by Gasteiger charge is 2.39. The fourth-order valence-electron chi connectivity index (χ4n) is 2.46. The van der Waals surface area contributed by atoms with E-state index < -0.39 is 39.3 Å². The van der Waals surface area contributed by atoms with Gasteiger partial charge >= 0.3 is 16.3 Å². The van der Waals surface area contributed by atoms with Crippen molar-refractivity contribution in [1.29, 1.82) is 0 Å². The van der Waals surface area contributed by atoms with Crippen molar-refractivity contribution >= 4 is 22.1 Å². The SMILES string of the molecule is Cc1ccc(C2OC(N)=C(OS(=O)(=O)Cc3ccc(F)cc3)C2=O)cc1.O=C=O. The van der Waals surface area contributed by atoms with Crippen LogP contribution in [0.5, 0.6) is 0 Å². The molecule has 0 aromatic heterocycles. The number of carbonyl (C=O) groups excluding carboxylic acids is 3. The minimum Gasteiger partial charge on any atom is -0.460 e. The molecule has 1 aliphatic heterocycles. The van der Waals surface area contributed by atoms with Gasteiger partial charge in [-0.2, -0.15) is 18.0 Å². The molecule has 2 N–H and O–H groups in total. The van der Waals surface area contributed by atoms with Crippen LogP contribution in [0.25, 0.3) is 0 Å². The lowest BCUT2D eigenvalue weighted by atomic mass is 10.0. The average molecular weight is 421 g/mol. The van der Waals surface area contributed by atoms with E-state index >= 15 is 0 Å². The number of hydrogen-bond donors (Lipinski definition) is 1. The quantitative estimate of drug-likeness (QED) is 0.724. The lowest BCUT2D eigenvalue weighted by Gasteiger charge is -2.10. The summed E-state index contributed by atoms with van der Waals surface area (Å²) in [6.45, 7) is 1.89. The van der Waals surface area contributed by atoms with E-state index in [1.165, 1.54) is 12.1 Å².